The number of nitrogens with one attached hydrogen (secondary N) is 1. The van der Waals surface area contributed by atoms with Gasteiger partial charge in [0.2, 0.25) is 10.0 Å². The second-order valence-corrected chi connectivity index (χ2v) is 13.1. The normalized spacial score (nSPS) is 15.0. The summed E-state index contributed by atoms with van der Waals surface area (Å²) in [6, 6.07) is 21.3. The molecule has 0 saturated heterocycles. The van der Waals surface area contributed by atoms with E-state index < -0.39 is 10.0 Å². The molecular weight excluding hydrogens is 534 g/mol. The molecule has 1 N–H and O–H groups in total. The predicted octanol–water partition coefficient (Wildman–Crippen LogP) is 5.27. The van der Waals surface area contributed by atoms with Crippen molar-refractivity contribution in [2.75, 3.05) is 40.3 Å². The lowest BCUT2D eigenvalue weighted by molar-refractivity contribution is 0.0954. The molecule has 2 bridgehead atoms. The fraction of sp³-hybridized carbons (Fsp3) is 0.424. The highest BCUT2D eigenvalue weighted by Gasteiger charge is 2.17. The SMILES string of the molecule is CCCN1CCCCCOc2ccc(C(=O)NCCc3ccc(S(=O)(=O)N(C)C)cc3)cc2Cc2cccc(c2)C1. The Bertz CT molecular complexity index is 1400. The second-order valence-electron chi connectivity index (χ2n) is 10.9. The number of fused-ring (bicyclic) bond motifs is 3. The molecule has 0 spiro atoms. The van der Waals surface area contributed by atoms with Crippen LogP contribution < -0.4 is 10.1 Å². The van der Waals surface area contributed by atoms with E-state index in [1.807, 2.05) is 18.2 Å². The van der Waals surface area contributed by atoms with E-state index in [9.17, 15) is 13.2 Å². The van der Waals surface area contributed by atoms with E-state index in [0.29, 0.717) is 31.6 Å². The van der Waals surface area contributed by atoms with Gasteiger partial charge in [-0.3, -0.25) is 9.69 Å². The van der Waals surface area contributed by atoms with Crippen molar-refractivity contribution in [3.8, 4) is 5.75 Å². The Hall–Kier alpha value is -3.20. The highest BCUT2D eigenvalue weighted by molar-refractivity contribution is 7.89. The summed E-state index contributed by atoms with van der Waals surface area (Å²) in [5, 5.41) is 3.01. The van der Waals surface area contributed by atoms with Crippen LogP contribution in [0, 0.1) is 0 Å². The first-order valence-electron chi connectivity index (χ1n) is 14.6. The summed E-state index contributed by atoms with van der Waals surface area (Å²) in [6.45, 7) is 6.52. The summed E-state index contributed by atoms with van der Waals surface area (Å²) < 4.78 is 32.0. The fourth-order valence-corrected chi connectivity index (χ4v) is 6.06. The summed E-state index contributed by atoms with van der Waals surface area (Å²) in [4.78, 5) is 15.9. The monoisotopic (exact) mass is 577 g/mol. The smallest absolute Gasteiger partial charge is 0.251 e. The number of ether oxygens (including phenoxy) is 1. The molecule has 0 saturated carbocycles. The number of carbonyl (C=O) groups excluding carboxylic acids is 1. The lowest BCUT2D eigenvalue weighted by atomic mass is 9.99. The molecule has 0 aromatic heterocycles. The predicted molar refractivity (Wildman–Crippen MR) is 164 cm³/mol. The molecule has 1 aliphatic rings. The van der Waals surface area contributed by atoms with Crippen molar-refractivity contribution in [1.82, 2.24) is 14.5 Å². The molecule has 0 atom stereocenters. The van der Waals surface area contributed by atoms with Crippen LogP contribution in [0.3, 0.4) is 0 Å². The zero-order chi connectivity index (χ0) is 29.2. The standard InChI is InChI=1S/C33H43N3O4S/c1-4-19-36-20-6-5-7-21-40-32-16-13-29(24-30(32)23-27-9-8-10-28(22-27)25-36)33(37)34-18-17-26-11-14-31(15-12-26)41(38,39)35(2)3/h8-16,22,24H,4-7,17-21,23,25H2,1-3H3,(H,34,37). The minimum absolute atomic E-state index is 0.136. The molecule has 220 valence electrons. The number of amides is 1. The maximum atomic E-state index is 13.1. The van der Waals surface area contributed by atoms with Crippen LogP contribution in [0.1, 0.15) is 65.2 Å². The van der Waals surface area contributed by atoms with Crippen LogP contribution in [0.5, 0.6) is 5.75 Å². The van der Waals surface area contributed by atoms with Crippen LogP contribution in [0.4, 0.5) is 0 Å². The topological polar surface area (TPSA) is 79.0 Å². The van der Waals surface area contributed by atoms with Crippen molar-refractivity contribution in [1.29, 1.82) is 0 Å². The van der Waals surface area contributed by atoms with Crippen molar-refractivity contribution < 1.29 is 17.9 Å². The number of sulfonamides is 1. The molecule has 4 rings (SSSR count). The van der Waals surface area contributed by atoms with Gasteiger partial charge in [0.15, 0.2) is 0 Å². The van der Waals surface area contributed by atoms with Gasteiger partial charge in [0, 0.05) is 39.2 Å². The molecular formula is C33H43N3O4S. The Labute approximate surface area is 245 Å². The lowest BCUT2D eigenvalue weighted by Gasteiger charge is -2.22. The average molecular weight is 578 g/mol. The summed E-state index contributed by atoms with van der Waals surface area (Å²) in [5.74, 6) is 0.701. The van der Waals surface area contributed by atoms with E-state index in [-0.39, 0.29) is 10.8 Å². The van der Waals surface area contributed by atoms with Crippen LogP contribution in [-0.4, -0.2) is 63.9 Å². The van der Waals surface area contributed by atoms with E-state index in [1.165, 1.54) is 29.5 Å². The third kappa shape index (κ3) is 8.64. The molecule has 1 heterocycles. The largest absolute Gasteiger partial charge is 0.493 e. The van der Waals surface area contributed by atoms with E-state index in [1.54, 1.807) is 24.3 Å². The van der Waals surface area contributed by atoms with Gasteiger partial charge >= 0.3 is 0 Å². The van der Waals surface area contributed by atoms with Gasteiger partial charge in [0.05, 0.1) is 11.5 Å². The maximum Gasteiger partial charge on any atom is 0.251 e. The van der Waals surface area contributed by atoms with Crippen LogP contribution >= 0.6 is 0 Å². The zero-order valence-electron chi connectivity index (χ0n) is 24.6. The van der Waals surface area contributed by atoms with Crippen LogP contribution in [0.25, 0.3) is 0 Å². The third-order valence-corrected chi connectivity index (χ3v) is 9.26. The minimum atomic E-state index is -3.46. The molecule has 0 radical (unpaired) electrons. The minimum Gasteiger partial charge on any atom is -0.493 e. The molecule has 0 fully saturated rings. The van der Waals surface area contributed by atoms with Gasteiger partial charge < -0.3 is 10.1 Å². The lowest BCUT2D eigenvalue weighted by Crippen LogP contribution is -2.26. The highest BCUT2D eigenvalue weighted by atomic mass is 32.2. The van der Waals surface area contributed by atoms with E-state index in [4.69, 9.17) is 4.74 Å². The number of nitrogens with zero attached hydrogens (tertiary/aromatic N) is 2. The Morgan fingerprint density at radius 2 is 1.76 bits per heavy atom. The average Bonchev–Trinajstić information content (AvgIpc) is 2.95. The van der Waals surface area contributed by atoms with Gasteiger partial charge in [-0.1, -0.05) is 43.3 Å². The van der Waals surface area contributed by atoms with Gasteiger partial charge in [-0.2, -0.15) is 0 Å². The number of hydrogen-bond donors (Lipinski definition) is 1. The molecule has 1 amide bonds. The maximum absolute atomic E-state index is 13.1. The number of hydrogen-bond acceptors (Lipinski definition) is 5. The molecule has 0 unspecified atom stereocenters. The molecule has 7 nitrogen and oxygen atoms in total. The molecule has 41 heavy (non-hydrogen) atoms. The van der Waals surface area contributed by atoms with Crippen molar-refractivity contribution in [3.05, 3.63) is 94.5 Å². The summed E-state index contributed by atoms with van der Waals surface area (Å²) in [5.41, 5.74) is 5.09. The molecule has 3 aromatic rings. The van der Waals surface area contributed by atoms with Gasteiger partial charge in [-0.15, -0.1) is 0 Å². The summed E-state index contributed by atoms with van der Waals surface area (Å²) in [6.07, 6.45) is 5.74. The zero-order valence-corrected chi connectivity index (χ0v) is 25.4. The summed E-state index contributed by atoms with van der Waals surface area (Å²) in [7, 11) is -0.428. The van der Waals surface area contributed by atoms with Crippen LogP contribution in [0.2, 0.25) is 0 Å². The van der Waals surface area contributed by atoms with Crippen molar-refractivity contribution in [3.63, 3.8) is 0 Å². The first kappa shape index (κ1) is 30.8. The summed E-state index contributed by atoms with van der Waals surface area (Å²) >= 11 is 0. The molecule has 3 aromatic carbocycles. The van der Waals surface area contributed by atoms with Gasteiger partial charge in [0.25, 0.3) is 5.91 Å². The fourth-order valence-electron chi connectivity index (χ4n) is 5.16. The van der Waals surface area contributed by atoms with Crippen molar-refractivity contribution in [2.24, 2.45) is 0 Å². The van der Waals surface area contributed by atoms with Gasteiger partial charge in [-0.25, -0.2) is 12.7 Å². The quantitative estimate of drug-likeness (QED) is 0.395. The van der Waals surface area contributed by atoms with Crippen LogP contribution in [0.15, 0.2) is 71.6 Å². The Morgan fingerprint density at radius 1 is 0.976 bits per heavy atom. The molecule has 8 heteroatoms. The van der Waals surface area contributed by atoms with Gasteiger partial charge in [-0.05, 0) is 97.8 Å². The van der Waals surface area contributed by atoms with Gasteiger partial charge in [0.1, 0.15) is 5.75 Å². The first-order valence-corrected chi connectivity index (χ1v) is 16.1. The second kappa shape index (κ2) is 14.6. The van der Waals surface area contributed by atoms with E-state index in [2.05, 4.69) is 41.4 Å². The first-order chi connectivity index (χ1) is 19.8. The number of benzene rings is 3. The third-order valence-electron chi connectivity index (χ3n) is 7.43. The van der Waals surface area contributed by atoms with Crippen LogP contribution in [-0.2, 0) is 29.4 Å². The Morgan fingerprint density at radius 3 is 2.51 bits per heavy atom. The van der Waals surface area contributed by atoms with Crippen molar-refractivity contribution >= 4 is 15.9 Å². The Balaban J connectivity index is 1.44. The highest BCUT2D eigenvalue weighted by Crippen LogP contribution is 2.25. The van der Waals surface area contributed by atoms with E-state index >= 15 is 0 Å². The Kier molecular flexibility index (Phi) is 11.0. The number of rotatable bonds is 8. The molecule has 1 aliphatic heterocycles. The van der Waals surface area contributed by atoms with E-state index in [0.717, 1.165) is 62.2 Å². The number of carbonyl (C=O) groups is 1. The molecule has 0 aliphatic carbocycles. The van der Waals surface area contributed by atoms with Crippen molar-refractivity contribution in [2.45, 2.75) is 56.9 Å².